The summed E-state index contributed by atoms with van der Waals surface area (Å²) in [4.78, 5) is 2.33. The van der Waals surface area contributed by atoms with Gasteiger partial charge >= 0.3 is 0 Å². The van der Waals surface area contributed by atoms with Crippen LogP contribution in [0.15, 0.2) is 24.3 Å². The summed E-state index contributed by atoms with van der Waals surface area (Å²) in [6, 6.07) is 8.12. The van der Waals surface area contributed by atoms with Gasteiger partial charge in [-0.2, -0.15) is 0 Å². The molecule has 0 bridgehead atoms. The van der Waals surface area contributed by atoms with Gasteiger partial charge in [0.05, 0.1) is 5.60 Å². The lowest BCUT2D eigenvalue weighted by molar-refractivity contribution is -0.120. The summed E-state index contributed by atoms with van der Waals surface area (Å²) in [6.07, 6.45) is 3.46. The van der Waals surface area contributed by atoms with Gasteiger partial charge in [-0.25, -0.2) is 0 Å². The Labute approximate surface area is 150 Å². The number of ether oxygens (including phenoxy) is 3. The van der Waals surface area contributed by atoms with Gasteiger partial charge in [0.25, 0.3) is 0 Å². The third kappa shape index (κ3) is 4.94. The van der Waals surface area contributed by atoms with Gasteiger partial charge in [-0.05, 0) is 38.4 Å². The standard InChI is InChI=1S/C20H31NO4/c1-17-4-6-18(7-5-17)25-16-20(23-2)8-3-11-21(15-20)14-19(22)9-12-24-13-10-19/h4-7,22H,3,8-16H2,1-2H3/t20-/m1/s1. The molecule has 0 aromatic heterocycles. The summed E-state index contributed by atoms with van der Waals surface area (Å²) >= 11 is 0. The maximum absolute atomic E-state index is 10.8. The Morgan fingerprint density at radius 3 is 2.56 bits per heavy atom. The molecule has 2 saturated heterocycles. The Morgan fingerprint density at radius 1 is 1.16 bits per heavy atom. The van der Waals surface area contributed by atoms with Gasteiger partial charge in [0.1, 0.15) is 18.0 Å². The second-order valence-corrected chi connectivity index (χ2v) is 7.64. The van der Waals surface area contributed by atoms with E-state index in [1.54, 1.807) is 7.11 Å². The highest BCUT2D eigenvalue weighted by Gasteiger charge is 2.40. The van der Waals surface area contributed by atoms with Gasteiger partial charge in [-0.15, -0.1) is 0 Å². The second kappa shape index (κ2) is 8.04. The maximum Gasteiger partial charge on any atom is 0.119 e. The van der Waals surface area contributed by atoms with Crippen LogP contribution in [0.2, 0.25) is 0 Å². The van der Waals surface area contributed by atoms with E-state index < -0.39 is 5.60 Å². The molecule has 0 unspecified atom stereocenters. The van der Waals surface area contributed by atoms with Crippen molar-refractivity contribution in [1.82, 2.24) is 4.90 Å². The fraction of sp³-hybridized carbons (Fsp3) is 0.700. The van der Waals surface area contributed by atoms with Crippen LogP contribution >= 0.6 is 0 Å². The SMILES string of the molecule is CO[C@]1(COc2ccc(C)cc2)CCCN(CC2(O)CCOCC2)C1. The Morgan fingerprint density at radius 2 is 1.88 bits per heavy atom. The van der Waals surface area contributed by atoms with E-state index in [0.29, 0.717) is 39.2 Å². The first kappa shape index (κ1) is 18.6. The molecule has 0 aliphatic carbocycles. The fourth-order valence-corrected chi connectivity index (χ4v) is 3.84. The van der Waals surface area contributed by atoms with E-state index in [4.69, 9.17) is 14.2 Å². The highest BCUT2D eigenvalue weighted by Crippen LogP contribution is 2.29. The molecule has 2 aliphatic heterocycles. The topological polar surface area (TPSA) is 51.2 Å². The van der Waals surface area contributed by atoms with Crippen molar-refractivity contribution < 1.29 is 19.3 Å². The van der Waals surface area contributed by atoms with Crippen molar-refractivity contribution in [3.8, 4) is 5.75 Å². The van der Waals surface area contributed by atoms with Gasteiger partial charge in [0.2, 0.25) is 0 Å². The van der Waals surface area contributed by atoms with E-state index >= 15 is 0 Å². The first-order valence-corrected chi connectivity index (χ1v) is 9.30. The Balaban J connectivity index is 1.59. The van der Waals surface area contributed by atoms with Gasteiger partial charge < -0.3 is 19.3 Å². The Bertz CT molecular complexity index is 541. The van der Waals surface area contributed by atoms with Gasteiger partial charge in [0.15, 0.2) is 0 Å². The number of benzene rings is 1. The summed E-state index contributed by atoms with van der Waals surface area (Å²) in [7, 11) is 1.77. The van der Waals surface area contributed by atoms with Crippen molar-refractivity contribution in [2.75, 3.05) is 46.6 Å². The van der Waals surface area contributed by atoms with Crippen LogP contribution < -0.4 is 4.74 Å². The molecule has 2 aliphatic rings. The highest BCUT2D eigenvalue weighted by molar-refractivity contribution is 5.26. The van der Waals surface area contributed by atoms with Gasteiger partial charge in [0, 0.05) is 46.3 Å². The number of hydrogen-bond acceptors (Lipinski definition) is 5. The van der Waals surface area contributed by atoms with E-state index in [9.17, 15) is 5.11 Å². The number of nitrogens with zero attached hydrogens (tertiary/aromatic N) is 1. The van der Waals surface area contributed by atoms with Crippen LogP contribution in [-0.2, 0) is 9.47 Å². The average molecular weight is 349 g/mol. The number of methoxy groups -OCH3 is 1. The molecule has 1 N–H and O–H groups in total. The first-order chi connectivity index (χ1) is 12.0. The average Bonchev–Trinajstić information content (AvgIpc) is 2.62. The molecule has 1 atom stereocenters. The zero-order valence-corrected chi connectivity index (χ0v) is 15.5. The molecular formula is C20H31NO4. The van der Waals surface area contributed by atoms with Gasteiger partial charge in [-0.1, -0.05) is 17.7 Å². The lowest BCUT2D eigenvalue weighted by Gasteiger charge is -2.45. The summed E-state index contributed by atoms with van der Waals surface area (Å²) in [6.45, 7) is 6.38. The molecule has 2 fully saturated rings. The number of aliphatic hydroxyl groups is 1. The van der Waals surface area contributed by atoms with Crippen molar-refractivity contribution in [3.63, 3.8) is 0 Å². The zero-order chi connectivity index (χ0) is 17.8. The third-order valence-corrected chi connectivity index (χ3v) is 5.52. The van der Waals surface area contributed by atoms with Crippen molar-refractivity contribution in [2.24, 2.45) is 0 Å². The lowest BCUT2D eigenvalue weighted by atomic mass is 9.89. The molecule has 1 aromatic carbocycles. The largest absolute Gasteiger partial charge is 0.491 e. The molecule has 1 aromatic rings. The Kier molecular flexibility index (Phi) is 6.00. The molecule has 0 saturated carbocycles. The number of hydrogen-bond donors (Lipinski definition) is 1. The highest BCUT2D eigenvalue weighted by atomic mass is 16.5. The summed E-state index contributed by atoms with van der Waals surface area (Å²) in [5.74, 6) is 0.877. The number of rotatable bonds is 6. The van der Waals surface area contributed by atoms with Crippen LogP contribution in [0.4, 0.5) is 0 Å². The summed E-state index contributed by atoms with van der Waals surface area (Å²) in [5, 5.41) is 10.8. The van der Waals surface area contributed by atoms with E-state index in [2.05, 4.69) is 24.0 Å². The van der Waals surface area contributed by atoms with Crippen LogP contribution in [0.3, 0.4) is 0 Å². The van der Waals surface area contributed by atoms with E-state index in [-0.39, 0.29) is 5.60 Å². The number of piperidine rings is 1. The zero-order valence-electron chi connectivity index (χ0n) is 15.5. The molecular weight excluding hydrogens is 318 g/mol. The molecule has 140 valence electrons. The van der Waals surface area contributed by atoms with Crippen molar-refractivity contribution >= 4 is 0 Å². The van der Waals surface area contributed by atoms with Crippen molar-refractivity contribution in [2.45, 2.75) is 43.8 Å². The van der Waals surface area contributed by atoms with Crippen LogP contribution in [0.25, 0.3) is 0 Å². The fourth-order valence-electron chi connectivity index (χ4n) is 3.84. The minimum absolute atomic E-state index is 0.315. The minimum Gasteiger partial charge on any atom is -0.491 e. The quantitative estimate of drug-likeness (QED) is 0.855. The number of likely N-dealkylation sites (tertiary alicyclic amines) is 1. The number of β-amino-alcohol motifs (C(OH)–C–C–N with tert-alkyl or cyclic N) is 1. The van der Waals surface area contributed by atoms with E-state index in [1.807, 2.05) is 12.1 Å². The van der Waals surface area contributed by atoms with Crippen molar-refractivity contribution in [3.05, 3.63) is 29.8 Å². The monoisotopic (exact) mass is 349 g/mol. The molecule has 0 radical (unpaired) electrons. The van der Waals surface area contributed by atoms with E-state index in [0.717, 1.165) is 31.7 Å². The van der Waals surface area contributed by atoms with Crippen LogP contribution in [0, 0.1) is 6.92 Å². The normalized spacial score (nSPS) is 27.2. The van der Waals surface area contributed by atoms with E-state index in [1.165, 1.54) is 5.56 Å². The summed E-state index contributed by atoms with van der Waals surface area (Å²) < 4.78 is 17.3. The second-order valence-electron chi connectivity index (χ2n) is 7.64. The molecule has 0 amide bonds. The molecule has 5 heteroatoms. The lowest BCUT2D eigenvalue weighted by Crippen LogP contribution is -2.57. The van der Waals surface area contributed by atoms with Crippen LogP contribution in [0.1, 0.15) is 31.2 Å². The molecule has 0 spiro atoms. The van der Waals surface area contributed by atoms with Gasteiger partial charge in [-0.3, -0.25) is 4.90 Å². The van der Waals surface area contributed by atoms with Crippen molar-refractivity contribution in [1.29, 1.82) is 0 Å². The summed E-state index contributed by atoms with van der Waals surface area (Å²) in [5.41, 5.74) is 0.278. The minimum atomic E-state index is -0.632. The molecule has 3 rings (SSSR count). The predicted molar refractivity (Wildman–Crippen MR) is 97.1 cm³/mol. The van der Waals surface area contributed by atoms with Crippen LogP contribution in [0.5, 0.6) is 5.75 Å². The third-order valence-electron chi connectivity index (χ3n) is 5.52. The predicted octanol–water partition coefficient (Wildman–Crippen LogP) is 2.40. The molecule has 25 heavy (non-hydrogen) atoms. The first-order valence-electron chi connectivity index (χ1n) is 9.30. The Hall–Kier alpha value is -1.14. The van der Waals surface area contributed by atoms with Crippen LogP contribution in [-0.4, -0.2) is 67.8 Å². The smallest absolute Gasteiger partial charge is 0.119 e. The number of aryl methyl sites for hydroxylation is 1. The molecule has 2 heterocycles. The molecule has 5 nitrogen and oxygen atoms in total. The maximum atomic E-state index is 10.8.